The van der Waals surface area contributed by atoms with Gasteiger partial charge in [0.2, 0.25) is 11.6 Å². The highest BCUT2D eigenvalue weighted by Crippen LogP contribution is 2.41. The van der Waals surface area contributed by atoms with E-state index in [1.165, 1.54) is 24.3 Å². The highest BCUT2D eigenvalue weighted by atomic mass is 35.5. The van der Waals surface area contributed by atoms with Crippen LogP contribution in [0.25, 0.3) is 0 Å². The number of benzene rings is 2. The molecule has 0 saturated heterocycles. The van der Waals surface area contributed by atoms with Crippen LogP contribution in [0.1, 0.15) is 13.8 Å². The van der Waals surface area contributed by atoms with Gasteiger partial charge in [0.05, 0.1) is 11.4 Å². The molecule has 0 unspecified atom stereocenters. The minimum absolute atomic E-state index is 0.00594. The van der Waals surface area contributed by atoms with Crippen molar-refractivity contribution in [2.45, 2.75) is 13.8 Å². The van der Waals surface area contributed by atoms with Crippen LogP contribution < -0.4 is 30.7 Å². The zero-order chi connectivity index (χ0) is 39.4. The first-order valence-electron chi connectivity index (χ1n) is 14.7. The first-order chi connectivity index (χ1) is 24.1. The molecule has 8 N–H and O–H groups in total. The van der Waals surface area contributed by atoms with Crippen LogP contribution in [0.3, 0.4) is 0 Å². The summed E-state index contributed by atoms with van der Waals surface area (Å²) < 4.78 is 123. The predicted molar refractivity (Wildman–Crippen MR) is 194 cm³/mol. The molecule has 2 aromatic rings. The van der Waals surface area contributed by atoms with Crippen molar-refractivity contribution in [1.82, 2.24) is 7.42 Å². The fourth-order valence-electron chi connectivity index (χ4n) is 4.68. The number of hydrogen-bond acceptors (Lipinski definition) is 14. The van der Waals surface area contributed by atoms with Crippen molar-refractivity contribution in [2.75, 3.05) is 58.5 Å². The average molecular weight is 850 g/mol. The number of nitrogens with two attached hydrogens (primary N) is 2. The lowest BCUT2D eigenvalue weighted by molar-refractivity contribution is -0.115. The Kier molecular flexibility index (Phi) is 13.8. The molecule has 0 aromatic heterocycles. The van der Waals surface area contributed by atoms with Crippen LogP contribution in [0.4, 0.5) is 22.7 Å². The zero-order valence-electron chi connectivity index (χ0n) is 27.2. The summed E-state index contributed by atoms with van der Waals surface area (Å²) in [5.74, 6) is -3.34. The average Bonchev–Trinajstić information content (AvgIpc) is 3.05. The molecule has 1 aliphatic carbocycles. The molecule has 0 fully saturated rings. The largest absolute Gasteiger partial charge is 0.384 e. The van der Waals surface area contributed by atoms with Gasteiger partial charge in [-0.1, -0.05) is 44.5 Å². The first kappa shape index (κ1) is 43.0. The summed E-state index contributed by atoms with van der Waals surface area (Å²) in [6.07, 6.45) is 0. The van der Waals surface area contributed by atoms with Crippen LogP contribution in [-0.4, -0.2) is 101 Å². The van der Waals surface area contributed by atoms with Gasteiger partial charge in [0.15, 0.2) is 0 Å². The Morgan fingerprint density at radius 2 is 0.885 bits per heavy atom. The molecule has 2 aromatic carbocycles. The van der Waals surface area contributed by atoms with Gasteiger partial charge in [-0.05, 0) is 48.5 Å². The molecule has 288 valence electrons. The summed E-state index contributed by atoms with van der Waals surface area (Å²) in [5.41, 5.74) is 8.09. The van der Waals surface area contributed by atoms with E-state index in [0.717, 1.165) is 38.1 Å². The molecule has 20 nitrogen and oxygen atoms in total. The normalized spacial score (nSPS) is 14.7. The SMILES string of the molecule is CCN(S(=O)(=O)O)S(=O)(=O)N(C1=C(Cl)C(=O)C(N(c2ccc(NCCN)cc2)S(=O)(=O)N(CC)S(=O)(=O)O)=C(Cl)C1=O)c1ccc(NCCN)cc1. The fourth-order valence-corrected chi connectivity index (χ4v) is 10.9. The molecule has 0 spiro atoms. The Morgan fingerprint density at radius 1 is 0.596 bits per heavy atom. The molecule has 0 heterocycles. The number of ketones is 2. The molecule has 0 saturated carbocycles. The van der Waals surface area contributed by atoms with Crippen molar-refractivity contribution in [3.8, 4) is 0 Å². The molecule has 0 amide bonds. The summed E-state index contributed by atoms with van der Waals surface area (Å²) >= 11 is 12.8. The zero-order valence-corrected chi connectivity index (χ0v) is 31.9. The van der Waals surface area contributed by atoms with Gasteiger partial charge in [0.1, 0.15) is 21.5 Å². The number of nitrogens with one attached hydrogen (secondary N) is 2. The molecule has 3 rings (SSSR count). The maximum absolute atomic E-state index is 14.1. The second kappa shape index (κ2) is 16.7. The van der Waals surface area contributed by atoms with Crippen molar-refractivity contribution in [3.05, 3.63) is 70.0 Å². The number of Topliss-reactive ketones (excluding diaryl/α,β-unsaturated/α-hetero) is 2. The van der Waals surface area contributed by atoms with Crippen molar-refractivity contribution in [1.29, 1.82) is 0 Å². The van der Waals surface area contributed by atoms with Gasteiger partial charge < -0.3 is 22.1 Å². The molecule has 0 radical (unpaired) electrons. The predicted octanol–water partition coefficient (Wildman–Crippen LogP) is 0.532. The van der Waals surface area contributed by atoms with Crippen LogP contribution in [0.15, 0.2) is 70.0 Å². The van der Waals surface area contributed by atoms with E-state index in [9.17, 15) is 52.4 Å². The van der Waals surface area contributed by atoms with Gasteiger partial charge in [-0.25, -0.2) is 8.61 Å². The van der Waals surface area contributed by atoms with Gasteiger partial charge in [0.25, 0.3) is 0 Å². The number of anilines is 4. The summed E-state index contributed by atoms with van der Waals surface area (Å²) in [6, 6.07) is 9.43. The highest BCUT2D eigenvalue weighted by molar-refractivity contribution is 8.03. The Balaban J connectivity index is 2.39. The van der Waals surface area contributed by atoms with Crippen molar-refractivity contribution in [2.24, 2.45) is 11.5 Å². The molecule has 52 heavy (non-hydrogen) atoms. The van der Waals surface area contributed by atoms with Crippen LogP contribution >= 0.6 is 23.2 Å². The van der Waals surface area contributed by atoms with Crippen LogP contribution in [-0.2, 0) is 50.6 Å². The molecule has 26 heteroatoms. The second-order valence-electron chi connectivity index (χ2n) is 10.2. The van der Waals surface area contributed by atoms with E-state index in [2.05, 4.69) is 10.6 Å². The lowest BCUT2D eigenvalue weighted by Gasteiger charge is -2.34. The number of rotatable bonds is 18. The number of allylic oxidation sites excluding steroid dienone is 2. The van der Waals surface area contributed by atoms with Crippen molar-refractivity contribution >= 4 is 98.5 Å². The van der Waals surface area contributed by atoms with Gasteiger partial charge in [-0.3, -0.25) is 18.7 Å². The summed E-state index contributed by atoms with van der Waals surface area (Å²) in [7, 11) is -22.4. The van der Waals surface area contributed by atoms with Gasteiger partial charge >= 0.3 is 41.0 Å². The quantitative estimate of drug-likeness (QED) is 0.0881. The van der Waals surface area contributed by atoms with E-state index >= 15 is 0 Å². The highest BCUT2D eigenvalue weighted by Gasteiger charge is 2.49. The molecule has 1 aliphatic rings. The number of carbonyl (C=O) groups excluding carboxylic acids is 2. The number of hydrogen-bond donors (Lipinski definition) is 6. The van der Waals surface area contributed by atoms with Gasteiger partial charge in [-0.15, -0.1) is 0 Å². The third-order valence-corrected chi connectivity index (χ3v) is 14.6. The molecule has 0 atom stereocenters. The van der Waals surface area contributed by atoms with Crippen LogP contribution in [0.5, 0.6) is 0 Å². The lowest BCUT2D eigenvalue weighted by atomic mass is 10.0. The Morgan fingerprint density at radius 3 is 1.12 bits per heavy atom. The number of halogens is 2. The smallest absolute Gasteiger partial charge is 0.350 e. The Hall–Kier alpha value is -3.40. The van der Waals surface area contributed by atoms with E-state index < -0.39 is 106 Å². The fraction of sp³-hybridized carbons (Fsp3) is 0.308. The van der Waals surface area contributed by atoms with E-state index in [-0.39, 0.29) is 34.8 Å². The van der Waals surface area contributed by atoms with E-state index in [1.807, 2.05) is 0 Å². The molecular formula is C26H34Cl2N8O12S4. The lowest BCUT2D eigenvalue weighted by Crippen LogP contribution is -2.51. The Bertz CT molecular complexity index is 2040. The van der Waals surface area contributed by atoms with E-state index in [1.54, 1.807) is 0 Å². The summed E-state index contributed by atoms with van der Waals surface area (Å²) in [6.45, 7) is 1.15. The van der Waals surface area contributed by atoms with Crippen LogP contribution in [0, 0.1) is 0 Å². The molecule has 0 bridgehead atoms. The van der Waals surface area contributed by atoms with Crippen LogP contribution in [0.2, 0.25) is 0 Å². The van der Waals surface area contributed by atoms with Gasteiger partial charge in [-0.2, -0.15) is 33.7 Å². The maximum atomic E-state index is 14.1. The minimum atomic E-state index is -5.61. The second-order valence-corrected chi connectivity index (χ2v) is 17.5. The minimum Gasteiger partial charge on any atom is -0.384 e. The molecular weight excluding hydrogens is 816 g/mol. The van der Waals surface area contributed by atoms with E-state index in [0.29, 0.717) is 11.4 Å². The summed E-state index contributed by atoms with van der Waals surface area (Å²) in [5, 5.41) is 3.12. The Labute approximate surface area is 310 Å². The van der Waals surface area contributed by atoms with Gasteiger partial charge in [0, 0.05) is 50.6 Å². The third kappa shape index (κ3) is 8.86. The standard InChI is InChI=1S/C26H34Cl2N8O12S4/c1-3-33(51(43,44)45)49(39,40)35(19-9-5-17(6-10-19)31-15-13-29)23-21(27)26(38)24(22(28)25(23)37)36(50(41,42)34(4-2)52(46,47)48)20-11-7-18(8-12-20)32-16-14-30/h5-12,31-32H,3-4,13-16,29-30H2,1-2H3,(H,43,44,45)(H,46,47,48). The monoisotopic (exact) mass is 848 g/mol. The molecule has 0 aliphatic heterocycles. The summed E-state index contributed by atoms with van der Waals surface area (Å²) in [4.78, 5) is 28.2. The maximum Gasteiger partial charge on any atom is 0.350 e. The topological polar surface area (TPSA) is 300 Å². The third-order valence-electron chi connectivity index (χ3n) is 6.81. The number of nitrogens with zero attached hydrogens (tertiary/aromatic N) is 4. The first-order valence-corrected chi connectivity index (χ1v) is 21.0. The van der Waals surface area contributed by atoms with Crippen molar-refractivity contribution < 1.29 is 52.4 Å². The van der Waals surface area contributed by atoms with Crippen molar-refractivity contribution in [3.63, 3.8) is 0 Å². The number of carbonyl (C=O) groups is 2. The van der Waals surface area contributed by atoms with E-state index in [4.69, 9.17) is 34.7 Å².